The monoisotopic (exact) mass is 275 g/mol. The fraction of sp³-hybridized carbons (Fsp3) is 0.462. The van der Waals surface area contributed by atoms with Gasteiger partial charge in [-0.2, -0.15) is 0 Å². The van der Waals surface area contributed by atoms with E-state index in [0.29, 0.717) is 6.04 Å². The molecule has 6 heteroatoms. The summed E-state index contributed by atoms with van der Waals surface area (Å²) in [5, 5.41) is 12.8. The quantitative estimate of drug-likeness (QED) is 0.908. The maximum atomic E-state index is 6.16. The average molecular weight is 275 g/mol. The summed E-state index contributed by atoms with van der Waals surface area (Å²) in [7, 11) is 0. The summed E-state index contributed by atoms with van der Waals surface area (Å²) in [5.74, 6) is 0. The van der Waals surface area contributed by atoms with E-state index in [-0.39, 0.29) is 6.04 Å². The lowest BCUT2D eigenvalue weighted by atomic mass is 10.1. The van der Waals surface area contributed by atoms with E-state index in [9.17, 15) is 0 Å². The summed E-state index contributed by atoms with van der Waals surface area (Å²) < 4.78 is 1.93. The standard InChI is InChI=1S/C13H17N5S/c1-2-11(14)10-5-3-4-6-12(10)19-13-15-16-17-18(13)9-7-8-9/h3-6,9,11H,2,7-8,14H2,1H3/t11-/m0/s1. The molecule has 0 unspecified atom stereocenters. The molecule has 0 saturated heterocycles. The highest BCUT2D eigenvalue weighted by atomic mass is 32.2. The molecule has 5 nitrogen and oxygen atoms in total. The number of tetrazole rings is 1. The zero-order chi connectivity index (χ0) is 13.2. The number of hydrogen-bond donors (Lipinski definition) is 1. The molecule has 2 N–H and O–H groups in total. The van der Waals surface area contributed by atoms with Gasteiger partial charge in [0.2, 0.25) is 5.16 Å². The maximum Gasteiger partial charge on any atom is 0.214 e. The van der Waals surface area contributed by atoms with E-state index in [2.05, 4.69) is 34.6 Å². The third kappa shape index (κ3) is 2.64. The zero-order valence-electron chi connectivity index (χ0n) is 10.9. The van der Waals surface area contributed by atoms with E-state index in [1.807, 2.05) is 16.8 Å². The molecule has 3 rings (SSSR count). The molecule has 100 valence electrons. The second kappa shape index (κ2) is 5.30. The number of hydrogen-bond acceptors (Lipinski definition) is 5. The second-order valence-electron chi connectivity index (χ2n) is 4.79. The Bertz CT molecular complexity index is 564. The summed E-state index contributed by atoms with van der Waals surface area (Å²) in [4.78, 5) is 1.15. The first kappa shape index (κ1) is 12.6. The first-order chi connectivity index (χ1) is 9.29. The number of rotatable bonds is 5. The van der Waals surface area contributed by atoms with Gasteiger partial charge in [-0.15, -0.1) is 5.10 Å². The van der Waals surface area contributed by atoms with Crippen molar-refractivity contribution in [2.24, 2.45) is 5.73 Å². The molecule has 1 fully saturated rings. The lowest BCUT2D eigenvalue weighted by molar-refractivity contribution is 0.565. The Kier molecular flexibility index (Phi) is 3.52. The molecule has 1 atom stereocenters. The smallest absolute Gasteiger partial charge is 0.214 e. The Morgan fingerprint density at radius 3 is 2.95 bits per heavy atom. The van der Waals surface area contributed by atoms with Crippen molar-refractivity contribution in [1.82, 2.24) is 20.2 Å². The minimum absolute atomic E-state index is 0.0638. The summed E-state index contributed by atoms with van der Waals surface area (Å²) in [5.41, 5.74) is 7.33. The molecule has 0 spiro atoms. The van der Waals surface area contributed by atoms with Gasteiger partial charge in [0, 0.05) is 10.9 Å². The van der Waals surface area contributed by atoms with E-state index in [0.717, 1.165) is 16.5 Å². The summed E-state index contributed by atoms with van der Waals surface area (Å²) in [6.45, 7) is 2.10. The van der Waals surface area contributed by atoms with Crippen LogP contribution in [0.2, 0.25) is 0 Å². The molecule has 1 aromatic heterocycles. The Morgan fingerprint density at radius 2 is 2.21 bits per heavy atom. The van der Waals surface area contributed by atoms with Crippen LogP contribution in [0.4, 0.5) is 0 Å². The van der Waals surface area contributed by atoms with Crippen molar-refractivity contribution >= 4 is 11.8 Å². The zero-order valence-corrected chi connectivity index (χ0v) is 11.7. The van der Waals surface area contributed by atoms with Crippen molar-refractivity contribution in [1.29, 1.82) is 0 Å². The Labute approximate surface area is 116 Å². The SMILES string of the molecule is CC[C@H](N)c1ccccc1Sc1nnnn1C1CC1. The van der Waals surface area contributed by atoms with Gasteiger partial charge in [0.15, 0.2) is 0 Å². The molecule has 1 aliphatic carbocycles. The van der Waals surface area contributed by atoms with E-state index < -0.39 is 0 Å². The highest BCUT2D eigenvalue weighted by Gasteiger charge is 2.28. The van der Waals surface area contributed by atoms with Gasteiger partial charge >= 0.3 is 0 Å². The second-order valence-corrected chi connectivity index (χ2v) is 5.80. The summed E-state index contributed by atoms with van der Waals surface area (Å²) in [6, 6.07) is 8.78. The molecule has 1 heterocycles. The highest BCUT2D eigenvalue weighted by molar-refractivity contribution is 7.99. The minimum Gasteiger partial charge on any atom is -0.324 e. The van der Waals surface area contributed by atoms with Gasteiger partial charge in [-0.3, -0.25) is 0 Å². The molecule has 2 aromatic rings. The van der Waals surface area contributed by atoms with Crippen LogP contribution in [0.25, 0.3) is 0 Å². The molecular weight excluding hydrogens is 258 g/mol. The molecule has 19 heavy (non-hydrogen) atoms. The van der Waals surface area contributed by atoms with Crippen molar-refractivity contribution in [3.63, 3.8) is 0 Å². The van der Waals surface area contributed by atoms with Crippen molar-refractivity contribution < 1.29 is 0 Å². The molecule has 1 aliphatic rings. The summed E-state index contributed by atoms with van der Waals surface area (Å²) in [6.07, 6.45) is 3.27. The van der Waals surface area contributed by atoms with Crippen LogP contribution < -0.4 is 5.73 Å². The first-order valence-electron chi connectivity index (χ1n) is 6.59. The van der Waals surface area contributed by atoms with E-state index in [1.165, 1.54) is 18.4 Å². The lowest BCUT2D eigenvalue weighted by Gasteiger charge is -2.13. The van der Waals surface area contributed by atoms with Crippen LogP contribution in [-0.2, 0) is 0 Å². The molecule has 0 aliphatic heterocycles. The van der Waals surface area contributed by atoms with Crippen molar-refractivity contribution in [2.75, 3.05) is 0 Å². The fourth-order valence-electron chi connectivity index (χ4n) is 2.00. The molecule has 0 radical (unpaired) electrons. The first-order valence-corrected chi connectivity index (χ1v) is 7.41. The number of aromatic nitrogens is 4. The van der Waals surface area contributed by atoms with Crippen LogP contribution in [-0.4, -0.2) is 20.2 Å². The third-order valence-corrected chi connectivity index (χ3v) is 4.36. The van der Waals surface area contributed by atoms with Gasteiger partial charge in [-0.1, -0.05) is 25.1 Å². The van der Waals surface area contributed by atoms with Gasteiger partial charge in [-0.25, -0.2) is 4.68 Å². The Balaban J connectivity index is 1.88. The average Bonchev–Trinajstić information content (AvgIpc) is 3.19. The van der Waals surface area contributed by atoms with Crippen molar-refractivity contribution in [2.45, 2.75) is 48.3 Å². The highest BCUT2D eigenvalue weighted by Crippen LogP contribution is 2.39. The van der Waals surface area contributed by atoms with Gasteiger partial charge in [0.1, 0.15) is 0 Å². The van der Waals surface area contributed by atoms with Crippen LogP contribution in [0, 0.1) is 0 Å². The number of nitrogens with zero attached hydrogens (tertiary/aromatic N) is 4. The summed E-state index contributed by atoms with van der Waals surface area (Å²) >= 11 is 1.61. The molecule has 0 amide bonds. The topological polar surface area (TPSA) is 69.6 Å². The van der Waals surface area contributed by atoms with Gasteiger partial charge in [0.05, 0.1) is 6.04 Å². The molecular formula is C13H17N5S. The fourth-order valence-corrected chi connectivity index (χ4v) is 3.04. The van der Waals surface area contributed by atoms with E-state index in [4.69, 9.17) is 5.73 Å². The van der Waals surface area contributed by atoms with Crippen molar-refractivity contribution in [3.05, 3.63) is 29.8 Å². The predicted molar refractivity (Wildman–Crippen MR) is 73.9 cm³/mol. The number of benzene rings is 1. The van der Waals surface area contributed by atoms with Crippen LogP contribution in [0.3, 0.4) is 0 Å². The Morgan fingerprint density at radius 1 is 1.42 bits per heavy atom. The van der Waals surface area contributed by atoms with Crippen molar-refractivity contribution in [3.8, 4) is 0 Å². The molecule has 1 saturated carbocycles. The third-order valence-electron chi connectivity index (χ3n) is 3.31. The lowest BCUT2D eigenvalue weighted by Crippen LogP contribution is -2.09. The Hall–Kier alpha value is -1.40. The minimum atomic E-state index is 0.0638. The number of nitrogens with two attached hydrogens (primary N) is 1. The maximum absolute atomic E-state index is 6.16. The predicted octanol–water partition coefficient (Wildman–Crippen LogP) is 2.57. The largest absolute Gasteiger partial charge is 0.324 e. The van der Waals surface area contributed by atoms with Crippen LogP contribution in [0.1, 0.15) is 43.8 Å². The van der Waals surface area contributed by atoms with Gasteiger partial charge < -0.3 is 5.73 Å². The molecule has 1 aromatic carbocycles. The van der Waals surface area contributed by atoms with Crippen LogP contribution >= 0.6 is 11.8 Å². The van der Waals surface area contributed by atoms with Gasteiger partial charge in [-0.05, 0) is 53.1 Å². The van der Waals surface area contributed by atoms with E-state index in [1.54, 1.807) is 11.8 Å². The van der Waals surface area contributed by atoms with Gasteiger partial charge in [0.25, 0.3) is 0 Å². The normalized spacial score (nSPS) is 16.5. The molecule has 0 bridgehead atoms. The van der Waals surface area contributed by atoms with Crippen LogP contribution in [0.5, 0.6) is 0 Å². The van der Waals surface area contributed by atoms with E-state index >= 15 is 0 Å². The van der Waals surface area contributed by atoms with Crippen LogP contribution in [0.15, 0.2) is 34.3 Å².